The van der Waals surface area contributed by atoms with Crippen LogP contribution in [0, 0.1) is 5.92 Å². The molecule has 1 aromatic rings. The maximum absolute atomic E-state index is 12.6. The van der Waals surface area contributed by atoms with Gasteiger partial charge in [-0.25, -0.2) is 0 Å². The van der Waals surface area contributed by atoms with Crippen molar-refractivity contribution in [1.82, 2.24) is 15.5 Å². The van der Waals surface area contributed by atoms with Gasteiger partial charge in [-0.3, -0.25) is 9.59 Å². The smallest absolute Gasteiger partial charge is 0.245 e. The lowest BCUT2D eigenvalue weighted by Crippen LogP contribution is -2.43. The lowest BCUT2D eigenvalue weighted by molar-refractivity contribution is -0.133. The van der Waals surface area contributed by atoms with E-state index < -0.39 is 0 Å². The molecule has 0 spiro atoms. The van der Waals surface area contributed by atoms with Crippen molar-refractivity contribution in [3.05, 3.63) is 35.9 Å². The molecule has 3 saturated heterocycles. The molecular weight excluding hydrogens is 314 g/mol. The van der Waals surface area contributed by atoms with E-state index in [-0.39, 0.29) is 17.9 Å². The number of fused-ring (bicyclic) bond motifs is 2. The number of carbonyl (C=O) groups is 2. The highest BCUT2D eigenvalue weighted by molar-refractivity contribution is 5.89. The van der Waals surface area contributed by atoms with Gasteiger partial charge < -0.3 is 15.5 Å². The molecule has 2 amide bonds. The second kappa shape index (κ2) is 7.16. The normalized spacial score (nSPS) is 31.4. The Morgan fingerprint density at radius 1 is 1.12 bits per heavy atom. The van der Waals surface area contributed by atoms with Gasteiger partial charge >= 0.3 is 0 Å². The quantitative estimate of drug-likeness (QED) is 0.859. The van der Waals surface area contributed by atoms with Crippen LogP contribution in [0.1, 0.15) is 44.1 Å². The zero-order valence-corrected chi connectivity index (χ0v) is 14.6. The SMILES string of the molecule is O=C(CC1CC2CCC(C1)N2)NC1CCN(Cc2ccccc2)C1=O. The third-order valence-corrected chi connectivity index (χ3v) is 5.89. The number of nitrogens with one attached hydrogen (secondary N) is 2. The van der Waals surface area contributed by atoms with Crippen LogP contribution in [0.3, 0.4) is 0 Å². The number of amides is 2. The van der Waals surface area contributed by atoms with Gasteiger partial charge in [0.25, 0.3) is 0 Å². The van der Waals surface area contributed by atoms with Gasteiger partial charge in [0.2, 0.25) is 11.8 Å². The summed E-state index contributed by atoms with van der Waals surface area (Å²) in [5.74, 6) is 0.574. The Morgan fingerprint density at radius 3 is 2.56 bits per heavy atom. The highest BCUT2D eigenvalue weighted by atomic mass is 16.2. The van der Waals surface area contributed by atoms with E-state index >= 15 is 0 Å². The lowest BCUT2D eigenvalue weighted by Gasteiger charge is -2.28. The summed E-state index contributed by atoms with van der Waals surface area (Å²) in [6.07, 6.45) is 5.98. The monoisotopic (exact) mass is 341 g/mol. The molecule has 3 fully saturated rings. The summed E-state index contributed by atoms with van der Waals surface area (Å²) >= 11 is 0. The van der Waals surface area contributed by atoms with Crippen molar-refractivity contribution in [3.8, 4) is 0 Å². The fourth-order valence-corrected chi connectivity index (χ4v) is 4.69. The molecule has 1 aromatic carbocycles. The maximum atomic E-state index is 12.6. The fraction of sp³-hybridized carbons (Fsp3) is 0.600. The molecule has 25 heavy (non-hydrogen) atoms. The number of carbonyl (C=O) groups excluding carboxylic acids is 2. The van der Waals surface area contributed by atoms with Gasteiger partial charge in [-0.15, -0.1) is 0 Å². The highest BCUT2D eigenvalue weighted by Gasteiger charge is 2.36. The molecule has 3 heterocycles. The number of benzene rings is 1. The maximum Gasteiger partial charge on any atom is 0.245 e. The minimum atomic E-state index is -0.338. The van der Waals surface area contributed by atoms with Gasteiger partial charge in [-0.1, -0.05) is 30.3 Å². The summed E-state index contributed by atoms with van der Waals surface area (Å²) in [6, 6.07) is 10.9. The first-order valence-electron chi connectivity index (χ1n) is 9.55. The van der Waals surface area contributed by atoms with Gasteiger partial charge in [0, 0.05) is 31.6 Å². The molecular formula is C20H27N3O2. The van der Waals surface area contributed by atoms with Crippen molar-refractivity contribution >= 4 is 11.8 Å². The standard InChI is InChI=1S/C20H27N3O2/c24-19(12-15-10-16-6-7-17(11-15)21-16)22-18-8-9-23(20(18)25)13-14-4-2-1-3-5-14/h1-5,15-18,21H,6-13H2,(H,22,24). The molecule has 0 aromatic heterocycles. The largest absolute Gasteiger partial charge is 0.344 e. The molecule has 3 aliphatic heterocycles. The van der Waals surface area contributed by atoms with Gasteiger partial charge in [0.15, 0.2) is 0 Å². The summed E-state index contributed by atoms with van der Waals surface area (Å²) < 4.78 is 0. The first kappa shape index (κ1) is 16.6. The molecule has 3 aliphatic rings. The third kappa shape index (κ3) is 3.87. The molecule has 134 valence electrons. The summed E-state index contributed by atoms with van der Waals surface area (Å²) in [7, 11) is 0. The van der Waals surface area contributed by atoms with Crippen LogP contribution in [-0.2, 0) is 16.1 Å². The van der Waals surface area contributed by atoms with E-state index in [0.29, 0.717) is 31.0 Å². The average molecular weight is 341 g/mol. The lowest BCUT2D eigenvalue weighted by atomic mass is 9.89. The second-order valence-corrected chi connectivity index (χ2v) is 7.83. The molecule has 2 N–H and O–H groups in total. The van der Waals surface area contributed by atoms with E-state index in [1.54, 1.807) is 0 Å². The predicted octanol–water partition coefficient (Wildman–Crippen LogP) is 1.82. The predicted molar refractivity (Wildman–Crippen MR) is 95.7 cm³/mol. The Bertz CT molecular complexity index is 621. The molecule has 5 nitrogen and oxygen atoms in total. The Hall–Kier alpha value is -1.88. The summed E-state index contributed by atoms with van der Waals surface area (Å²) in [6.45, 7) is 1.35. The molecule has 0 saturated carbocycles. The van der Waals surface area contributed by atoms with E-state index in [4.69, 9.17) is 0 Å². The first-order valence-corrected chi connectivity index (χ1v) is 9.55. The minimum absolute atomic E-state index is 0.0474. The summed E-state index contributed by atoms with van der Waals surface area (Å²) in [5, 5.41) is 6.60. The van der Waals surface area contributed by atoms with Crippen LogP contribution in [0.2, 0.25) is 0 Å². The molecule has 5 heteroatoms. The number of nitrogens with zero attached hydrogens (tertiary/aromatic N) is 1. The van der Waals surface area contributed by atoms with Crippen molar-refractivity contribution in [2.24, 2.45) is 5.92 Å². The Labute approximate surface area is 149 Å². The zero-order valence-electron chi connectivity index (χ0n) is 14.6. The summed E-state index contributed by atoms with van der Waals surface area (Å²) in [4.78, 5) is 26.8. The highest BCUT2D eigenvalue weighted by Crippen LogP contribution is 2.32. The van der Waals surface area contributed by atoms with E-state index in [9.17, 15) is 9.59 Å². The van der Waals surface area contributed by atoms with Crippen molar-refractivity contribution in [3.63, 3.8) is 0 Å². The van der Waals surface area contributed by atoms with Crippen LogP contribution in [0.5, 0.6) is 0 Å². The molecule has 4 rings (SSSR count). The van der Waals surface area contributed by atoms with Crippen LogP contribution in [0.4, 0.5) is 0 Å². The molecule has 3 unspecified atom stereocenters. The van der Waals surface area contributed by atoms with Crippen LogP contribution in [0.15, 0.2) is 30.3 Å². The van der Waals surface area contributed by atoms with E-state index in [0.717, 1.165) is 31.4 Å². The first-order chi connectivity index (χ1) is 12.2. The van der Waals surface area contributed by atoms with Crippen LogP contribution in [0.25, 0.3) is 0 Å². The number of piperidine rings is 1. The Balaban J connectivity index is 1.26. The minimum Gasteiger partial charge on any atom is -0.344 e. The molecule has 3 atom stereocenters. The zero-order chi connectivity index (χ0) is 17.2. The molecule has 2 bridgehead atoms. The van der Waals surface area contributed by atoms with Gasteiger partial charge in [0.05, 0.1) is 0 Å². The van der Waals surface area contributed by atoms with Gasteiger partial charge in [0.1, 0.15) is 6.04 Å². The van der Waals surface area contributed by atoms with E-state index in [2.05, 4.69) is 10.6 Å². The Kier molecular flexibility index (Phi) is 4.75. The number of hydrogen-bond acceptors (Lipinski definition) is 3. The second-order valence-electron chi connectivity index (χ2n) is 7.83. The van der Waals surface area contributed by atoms with Crippen molar-refractivity contribution in [2.75, 3.05) is 6.54 Å². The number of hydrogen-bond donors (Lipinski definition) is 2. The molecule has 0 radical (unpaired) electrons. The summed E-state index contributed by atoms with van der Waals surface area (Å²) in [5.41, 5.74) is 1.13. The number of rotatable bonds is 5. The van der Waals surface area contributed by atoms with Crippen LogP contribution >= 0.6 is 0 Å². The Morgan fingerprint density at radius 2 is 1.84 bits per heavy atom. The van der Waals surface area contributed by atoms with Crippen molar-refractivity contribution in [1.29, 1.82) is 0 Å². The van der Waals surface area contributed by atoms with Gasteiger partial charge in [-0.2, -0.15) is 0 Å². The fourth-order valence-electron chi connectivity index (χ4n) is 4.69. The van der Waals surface area contributed by atoms with Crippen LogP contribution in [-0.4, -0.2) is 41.4 Å². The topological polar surface area (TPSA) is 61.4 Å². The molecule has 0 aliphatic carbocycles. The van der Waals surface area contributed by atoms with Crippen molar-refractivity contribution < 1.29 is 9.59 Å². The average Bonchev–Trinajstić information content (AvgIpc) is 3.12. The van der Waals surface area contributed by atoms with Crippen molar-refractivity contribution in [2.45, 2.75) is 63.2 Å². The van der Waals surface area contributed by atoms with E-state index in [1.807, 2.05) is 35.2 Å². The third-order valence-electron chi connectivity index (χ3n) is 5.89. The number of likely N-dealkylation sites (tertiary alicyclic amines) is 1. The van der Waals surface area contributed by atoms with Crippen LogP contribution < -0.4 is 10.6 Å². The van der Waals surface area contributed by atoms with E-state index in [1.165, 1.54) is 12.8 Å². The van der Waals surface area contributed by atoms with Gasteiger partial charge in [-0.05, 0) is 43.6 Å².